The van der Waals surface area contributed by atoms with E-state index in [0.29, 0.717) is 25.1 Å². The van der Waals surface area contributed by atoms with Gasteiger partial charge in [-0.1, -0.05) is 18.2 Å². The summed E-state index contributed by atoms with van der Waals surface area (Å²) in [5.41, 5.74) is 6.80. The molecule has 3 rings (SSSR count). The van der Waals surface area contributed by atoms with Crippen molar-refractivity contribution in [1.82, 2.24) is 4.90 Å². The van der Waals surface area contributed by atoms with Gasteiger partial charge in [-0.15, -0.1) is 24.0 Å². The van der Waals surface area contributed by atoms with Crippen molar-refractivity contribution < 1.29 is 13.2 Å². The van der Waals surface area contributed by atoms with E-state index in [2.05, 4.69) is 15.2 Å². The van der Waals surface area contributed by atoms with Crippen molar-refractivity contribution in [2.24, 2.45) is 16.6 Å². The smallest absolute Gasteiger partial charge is 0.370 e. The fourth-order valence-electron chi connectivity index (χ4n) is 3.45. The molecular formula is C17H24F3IN4. The van der Waals surface area contributed by atoms with Crippen LogP contribution in [0.2, 0.25) is 0 Å². The molecule has 25 heavy (non-hydrogen) atoms. The summed E-state index contributed by atoms with van der Waals surface area (Å²) in [6, 6.07) is 10.1. The fraction of sp³-hybridized carbons (Fsp3) is 0.588. The molecule has 1 aromatic rings. The quantitative estimate of drug-likeness (QED) is 0.403. The maximum Gasteiger partial charge on any atom is 0.391 e. The Morgan fingerprint density at radius 3 is 2.28 bits per heavy atom. The number of alkyl halides is 3. The zero-order valence-electron chi connectivity index (χ0n) is 13.9. The summed E-state index contributed by atoms with van der Waals surface area (Å²) in [5.74, 6) is -0.742. The molecule has 1 saturated heterocycles. The maximum atomic E-state index is 12.7. The summed E-state index contributed by atoms with van der Waals surface area (Å²) in [6.45, 7) is 1.06. The predicted molar refractivity (Wildman–Crippen MR) is 104 cm³/mol. The highest BCUT2D eigenvalue weighted by atomic mass is 127. The fourth-order valence-corrected chi connectivity index (χ4v) is 3.45. The maximum absolute atomic E-state index is 12.7. The molecule has 1 aliphatic heterocycles. The molecule has 4 nitrogen and oxygen atoms in total. The first kappa shape index (κ1) is 20.3. The van der Waals surface area contributed by atoms with E-state index in [9.17, 15) is 13.2 Å². The Morgan fingerprint density at radius 2 is 1.72 bits per heavy atom. The Labute approximate surface area is 163 Å². The normalized spacial score (nSPS) is 25.8. The summed E-state index contributed by atoms with van der Waals surface area (Å²) < 4.78 is 38.1. The number of hydrogen-bond acceptors (Lipinski definition) is 2. The lowest BCUT2D eigenvalue weighted by atomic mass is 9.83. The molecule has 1 saturated carbocycles. The number of nitrogens with zero attached hydrogens (tertiary/aromatic N) is 2. The minimum atomic E-state index is -4.05. The number of hydrogen-bond donors (Lipinski definition) is 2. The standard InChI is InChI=1S/C17H23F3N4.HI/c18-17(19,20)12-6-8-24(9-7-12)15-10-14(11-15)23-16(21)22-13-4-2-1-3-5-13;/h1-5,12,14-15H,6-11H2,(H3,21,22,23);1H. The Balaban J connectivity index is 0.00000225. The van der Waals surface area contributed by atoms with Crippen LogP contribution in [-0.4, -0.2) is 42.2 Å². The third-order valence-electron chi connectivity index (χ3n) is 4.97. The highest BCUT2D eigenvalue weighted by Crippen LogP contribution is 2.37. The van der Waals surface area contributed by atoms with Crippen LogP contribution in [0.25, 0.3) is 0 Å². The number of guanidine groups is 1. The van der Waals surface area contributed by atoms with Crippen LogP contribution in [0.3, 0.4) is 0 Å². The van der Waals surface area contributed by atoms with Crippen molar-refractivity contribution in [1.29, 1.82) is 0 Å². The van der Waals surface area contributed by atoms with Gasteiger partial charge in [0.2, 0.25) is 0 Å². The molecular weight excluding hydrogens is 444 g/mol. The molecule has 140 valence electrons. The Bertz CT molecular complexity index is 565. The molecule has 0 atom stereocenters. The Kier molecular flexibility index (Phi) is 6.95. The van der Waals surface area contributed by atoms with E-state index >= 15 is 0 Å². The molecule has 3 N–H and O–H groups in total. The lowest BCUT2D eigenvalue weighted by Crippen LogP contribution is -2.51. The lowest BCUT2D eigenvalue weighted by Gasteiger charge is -2.44. The predicted octanol–water partition coefficient (Wildman–Crippen LogP) is 3.84. The molecule has 0 spiro atoms. The van der Waals surface area contributed by atoms with Gasteiger partial charge in [0.25, 0.3) is 0 Å². The van der Waals surface area contributed by atoms with Crippen LogP contribution >= 0.6 is 24.0 Å². The van der Waals surface area contributed by atoms with E-state index in [1.807, 2.05) is 30.3 Å². The van der Waals surface area contributed by atoms with Gasteiger partial charge in [-0.05, 0) is 50.9 Å². The number of aliphatic imine (C=N–C) groups is 1. The Morgan fingerprint density at radius 1 is 1.12 bits per heavy atom. The monoisotopic (exact) mass is 468 g/mol. The van der Waals surface area contributed by atoms with Crippen molar-refractivity contribution in [2.45, 2.75) is 43.9 Å². The number of para-hydroxylation sites is 1. The number of anilines is 1. The van der Waals surface area contributed by atoms with Crippen LogP contribution in [0, 0.1) is 5.92 Å². The molecule has 0 amide bonds. The van der Waals surface area contributed by atoms with Crippen molar-refractivity contribution in [3.05, 3.63) is 30.3 Å². The van der Waals surface area contributed by atoms with Crippen LogP contribution < -0.4 is 11.1 Å². The van der Waals surface area contributed by atoms with Crippen LogP contribution in [-0.2, 0) is 0 Å². The second kappa shape index (κ2) is 8.57. The second-order valence-electron chi connectivity index (χ2n) is 6.64. The van der Waals surface area contributed by atoms with Gasteiger partial charge in [0.05, 0.1) is 12.0 Å². The first-order chi connectivity index (χ1) is 11.4. The minimum Gasteiger partial charge on any atom is -0.370 e. The van der Waals surface area contributed by atoms with Gasteiger partial charge in [0.1, 0.15) is 0 Å². The summed E-state index contributed by atoms with van der Waals surface area (Å²) in [7, 11) is 0. The van der Waals surface area contributed by atoms with Gasteiger partial charge in [0, 0.05) is 11.7 Å². The molecule has 8 heteroatoms. The minimum absolute atomic E-state index is 0. The Hall–Kier alpha value is -1.03. The van der Waals surface area contributed by atoms with Gasteiger partial charge in [-0.2, -0.15) is 13.2 Å². The lowest BCUT2D eigenvalue weighted by molar-refractivity contribution is -0.187. The van der Waals surface area contributed by atoms with Crippen molar-refractivity contribution in [2.75, 3.05) is 18.4 Å². The molecule has 0 aromatic heterocycles. The zero-order valence-corrected chi connectivity index (χ0v) is 16.2. The summed E-state index contributed by atoms with van der Waals surface area (Å²) >= 11 is 0. The molecule has 1 aliphatic carbocycles. The van der Waals surface area contributed by atoms with E-state index < -0.39 is 12.1 Å². The van der Waals surface area contributed by atoms with Crippen LogP contribution in [0.15, 0.2) is 35.3 Å². The first-order valence-electron chi connectivity index (χ1n) is 8.38. The van der Waals surface area contributed by atoms with Crippen LogP contribution in [0.1, 0.15) is 25.7 Å². The van der Waals surface area contributed by atoms with Gasteiger partial charge >= 0.3 is 6.18 Å². The van der Waals surface area contributed by atoms with E-state index in [4.69, 9.17) is 5.73 Å². The van der Waals surface area contributed by atoms with Gasteiger partial charge in [-0.25, -0.2) is 4.99 Å². The SMILES string of the molecule is I.NC(=NC1CC(N2CCC(C(F)(F)F)CC2)C1)Nc1ccccc1. The molecule has 2 fully saturated rings. The largest absolute Gasteiger partial charge is 0.391 e. The molecule has 1 heterocycles. The number of halogens is 4. The summed E-state index contributed by atoms with van der Waals surface area (Å²) in [4.78, 5) is 6.63. The van der Waals surface area contributed by atoms with E-state index in [1.54, 1.807) is 0 Å². The zero-order chi connectivity index (χ0) is 17.2. The first-order valence-corrected chi connectivity index (χ1v) is 8.38. The summed E-state index contributed by atoms with van der Waals surface area (Å²) in [5, 5.41) is 3.05. The van der Waals surface area contributed by atoms with E-state index in [-0.39, 0.29) is 42.9 Å². The van der Waals surface area contributed by atoms with Crippen LogP contribution in [0.4, 0.5) is 18.9 Å². The van der Waals surface area contributed by atoms with Gasteiger partial charge in [0.15, 0.2) is 5.96 Å². The number of nitrogens with two attached hydrogens (primary N) is 1. The molecule has 0 unspecified atom stereocenters. The number of benzene rings is 1. The molecule has 2 aliphatic rings. The van der Waals surface area contributed by atoms with E-state index in [1.165, 1.54) is 0 Å². The molecule has 0 bridgehead atoms. The third kappa shape index (κ3) is 5.47. The number of nitrogens with one attached hydrogen (secondary N) is 1. The number of rotatable bonds is 3. The highest BCUT2D eigenvalue weighted by Gasteiger charge is 2.43. The van der Waals surface area contributed by atoms with Crippen molar-refractivity contribution in [3.63, 3.8) is 0 Å². The number of likely N-dealkylation sites (tertiary alicyclic amines) is 1. The number of piperidine rings is 1. The topological polar surface area (TPSA) is 53.6 Å². The van der Waals surface area contributed by atoms with E-state index in [0.717, 1.165) is 18.5 Å². The van der Waals surface area contributed by atoms with Crippen molar-refractivity contribution >= 4 is 35.6 Å². The van der Waals surface area contributed by atoms with Gasteiger partial charge in [-0.3, -0.25) is 0 Å². The summed E-state index contributed by atoms with van der Waals surface area (Å²) in [6.07, 6.45) is -1.88. The highest BCUT2D eigenvalue weighted by molar-refractivity contribution is 14.0. The molecule has 1 aromatic carbocycles. The van der Waals surface area contributed by atoms with Gasteiger partial charge < -0.3 is 16.0 Å². The molecule has 0 radical (unpaired) electrons. The second-order valence-corrected chi connectivity index (χ2v) is 6.64. The average molecular weight is 468 g/mol. The van der Waals surface area contributed by atoms with Crippen molar-refractivity contribution in [3.8, 4) is 0 Å². The van der Waals surface area contributed by atoms with Crippen LogP contribution in [0.5, 0.6) is 0 Å². The average Bonchev–Trinajstić information content (AvgIpc) is 2.51. The third-order valence-corrected chi connectivity index (χ3v) is 4.97.